The molecule has 4 rings (SSSR count). The molecule has 0 bridgehead atoms. The maximum atomic E-state index is 12.8. The number of carbonyl (C=O) groups is 1. The summed E-state index contributed by atoms with van der Waals surface area (Å²) in [5.74, 6) is 0.533. The number of aryl methyl sites for hydroxylation is 3. The number of thiophene rings is 1. The van der Waals surface area contributed by atoms with Crippen molar-refractivity contribution >= 4 is 55.5 Å². The Morgan fingerprint density at radius 1 is 1.07 bits per heavy atom. The zero-order valence-electron chi connectivity index (χ0n) is 14.8. The largest absolute Gasteiger partial charge is 0.297 e. The van der Waals surface area contributed by atoms with Crippen LogP contribution in [0.1, 0.15) is 26.8 Å². The Labute approximate surface area is 169 Å². The highest BCUT2D eigenvalue weighted by Crippen LogP contribution is 2.32. The first-order chi connectivity index (χ1) is 12.9. The van der Waals surface area contributed by atoms with Crippen LogP contribution in [0.5, 0.6) is 0 Å². The van der Waals surface area contributed by atoms with Gasteiger partial charge in [0, 0.05) is 27.0 Å². The summed E-state index contributed by atoms with van der Waals surface area (Å²) in [5.41, 5.74) is 3.55. The van der Waals surface area contributed by atoms with E-state index in [0.29, 0.717) is 20.9 Å². The molecule has 136 valence electrons. The Kier molecular flexibility index (Phi) is 4.67. The van der Waals surface area contributed by atoms with Crippen LogP contribution in [0, 0.1) is 20.8 Å². The number of anilines is 1. The van der Waals surface area contributed by atoms with Crippen molar-refractivity contribution in [1.29, 1.82) is 0 Å². The van der Waals surface area contributed by atoms with Crippen LogP contribution in [0.4, 0.5) is 5.13 Å². The Morgan fingerprint density at radius 2 is 1.81 bits per heavy atom. The van der Waals surface area contributed by atoms with Crippen LogP contribution < -0.4 is 5.32 Å². The smallest absolute Gasteiger partial charge is 0.267 e. The van der Waals surface area contributed by atoms with E-state index in [2.05, 4.69) is 20.3 Å². The predicted octanol–water partition coefficient (Wildman–Crippen LogP) is 5.65. The summed E-state index contributed by atoms with van der Waals surface area (Å²) in [6, 6.07) is 7.45. The van der Waals surface area contributed by atoms with E-state index in [1.807, 2.05) is 50.4 Å². The maximum absolute atomic E-state index is 12.8. The Morgan fingerprint density at radius 3 is 2.56 bits per heavy atom. The van der Waals surface area contributed by atoms with Crippen molar-refractivity contribution in [2.24, 2.45) is 0 Å². The molecule has 3 heterocycles. The second-order valence-electron chi connectivity index (χ2n) is 6.09. The lowest BCUT2D eigenvalue weighted by Crippen LogP contribution is -2.11. The van der Waals surface area contributed by atoms with E-state index in [0.717, 1.165) is 32.7 Å². The van der Waals surface area contributed by atoms with Gasteiger partial charge in [0.25, 0.3) is 5.91 Å². The van der Waals surface area contributed by atoms with Crippen LogP contribution in [0.3, 0.4) is 0 Å². The normalized spacial score (nSPS) is 11.1. The lowest BCUT2D eigenvalue weighted by molar-refractivity contribution is 0.103. The third kappa shape index (κ3) is 3.45. The predicted molar refractivity (Wildman–Crippen MR) is 112 cm³/mol. The van der Waals surface area contributed by atoms with Crippen molar-refractivity contribution in [3.63, 3.8) is 0 Å². The standard InChI is InChI=1S/C19H15ClN4OS2/c1-9-15-10(2)21-11(3)22-18(15)27-16(9)17(25)24-19-23-14(8-26-19)12-4-6-13(20)7-5-12/h4-8H,1-3H3,(H,23,24,25). The lowest BCUT2D eigenvalue weighted by Gasteiger charge is -2.01. The highest BCUT2D eigenvalue weighted by atomic mass is 35.5. The van der Waals surface area contributed by atoms with Crippen LogP contribution in [0.2, 0.25) is 5.02 Å². The van der Waals surface area contributed by atoms with E-state index in [9.17, 15) is 4.79 Å². The van der Waals surface area contributed by atoms with Gasteiger partial charge in [-0.05, 0) is 38.5 Å². The maximum Gasteiger partial charge on any atom is 0.267 e. The van der Waals surface area contributed by atoms with Gasteiger partial charge in [0.15, 0.2) is 5.13 Å². The van der Waals surface area contributed by atoms with Gasteiger partial charge in [-0.25, -0.2) is 15.0 Å². The Bertz CT molecular complexity index is 1160. The van der Waals surface area contributed by atoms with E-state index < -0.39 is 0 Å². The second-order valence-corrected chi connectivity index (χ2v) is 8.39. The van der Waals surface area contributed by atoms with E-state index in [1.165, 1.54) is 22.7 Å². The molecule has 1 amide bonds. The van der Waals surface area contributed by atoms with E-state index in [1.54, 1.807) is 0 Å². The summed E-state index contributed by atoms with van der Waals surface area (Å²) >= 11 is 8.70. The molecule has 5 nitrogen and oxygen atoms in total. The van der Waals surface area contributed by atoms with E-state index >= 15 is 0 Å². The average molecular weight is 415 g/mol. The van der Waals surface area contributed by atoms with Crippen LogP contribution in [0.25, 0.3) is 21.5 Å². The molecule has 0 saturated carbocycles. The van der Waals surface area contributed by atoms with Crippen molar-refractivity contribution in [3.05, 3.63) is 56.6 Å². The van der Waals surface area contributed by atoms with E-state index in [-0.39, 0.29) is 5.91 Å². The quantitative estimate of drug-likeness (QED) is 0.470. The van der Waals surface area contributed by atoms with Gasteiger partial charge in [-0.3, -0.25) is 10.1 Å². The minimum Gasteiger partial charge on any atom is -0.297 e. The summed E-state index contributed by atoms with van der Waals surface area (Å²) in [5, 5.41) is 7.00. The number of nitrogens with one attached hydrogen (secondary N) is 1. The number of nitrogens with zero attached hydrogens (tertiary/aromatic N) is 3. The summed E-state index contributed by atoms with van der Waals surface area (Å²) in [7, 11) is 0. The molecule has 4 aromatic rings. The van der Waals surface area contributed by atoms with Gasteiger partial charge >= 0.3 is 0 Å². The van der Waals surface area contributed by atoms with Crippen molar-refractivity contribution in [3.8, 4) is 11.3 Å². The van der Waals surface area contributed by atoms with Crippen LogP contribution in [-0.4, -0.2) is 20.9 Å². The van der Waals surface area contributed by atoms with Gasteiger partial charge in [0.05, 0.1) is 10.6 Å². The number of thiazole rings is 1. The number of amides is 1. The molecular formula is C19H15ClN4OS2. The summed E-state index contributed by atoms with van der Waals surface area (Å²) in [6.07, 6.45) is 0. The van der Waals surface area contributed by atoms with Crippen molar-refractivity contribution < 1.29 is 4.79 Å². The molecule has 27 heavy (non-hydrogen) atoms. The number of benzene rings is 1. The highest BCUT2D eigenvalue weighted by Gasteiger charge is 2.19. The number of rotatable bonds is 3. The fourth-order valence-electron chi connectivity index (χ4n) is 2.93. The zero-order valence-corrected chi connectivity index (χ0v) is 17.2. The number of hydrogen-bond acceptors (Lipinski definition) is 6. The fourth-order valence-corrected chi connectivity index (χ4v) is 4.94. The minimum atomic E-state index is -0.176. The van der Waals surface area contributed by atoms with Crippen LogP contribution in [-0.2, 0) is 0 Å². The van der Waals surface area contributed by atoms with Crippen molar-refractivity contribution in [2.75, 3.05) is 5.32 Å². The zero-order chi connectivity index (χ0) is 19.1. The van der Waals surface area contributed by atoms with Crippen molar-refractivity contribution in [1.82, 2.24) is 15.0 Å². The molecule has 3 aromatic heterocycles. The van der Waals surface area contributed by atoms with Crippen LogP contribution in [0.15, 0.2) is 29.6 Å². The molecule has 0 spiro atoms. The molecule has 0 fully saturated rings. The van der Waals surface area contributed by atoms with Gasteiger partial charge in [-0.15, -0.1) is 22.7 Å². The SMILES string of the molecule is Cc1nc(C)c2c(C)c(C(=O)Nc3nc(-c4ccc(Cl)cc4)cs3)sc2n1. The molecular weight excluding hydrogens is 400 g/mol. The number of hydrogen-bond donors (Lipinski definition) is 1. The molecule has 0 radical (unpaired) electrons. The van der Waals surface area contributed by atoms with Gasteiger partial charge in [0.2, 0.25) is 0 Å². The first-order valence-electron chi connectivity index (χ1n) is 8.19. The van der Waals surface area contributed by atoms with Gasteiger partial charge in [-0.1, -0.05) is 23.7 Å². The van der Waals surface area contributed by atoms with Gasteiger partial charge in [0.1, 0.15) is 10.7 Å². The van der Waals surface area contributed by atoms with Crippen molar-refractivity contribution in [2.45, 2.75) is 20.8 Å². The molecule has 0 saturated heterocycles. The Hall–Kier alpha value is -2.35. The lowest BCUT2D eigenvalue weighted by atomic mass is 10.1. The van der Waals surface area contributed by atoms with Crippen LogP contribution >= 0.6 is 34.3 Å². The monoisotopic (exact) mass is 414 g/mol. The molecule has 0 atom stereocenters. The van der Waals surface area contributed by atoms with Gasteiger partial charge < -0.3 is 0 Å². The first kappa shape index (κ1) is 18.0. The molecule has 0 aliphatic heterocycles. The number of aromatic nitrogens is 3. The number of fused-ring (bicyclic) bond motifs is 1. The third-order valence-electron chi connectivity index (χ3n) is 4.15. The molecule has 1 N–H and O–H groups in total. The molecule has 1 aromatic carbocycles. The average Bonchev–Trinajstić information content (AvgIpc) is 3.20. The number of carbonyl (C=O) groups excluding carboxylic acids is 1. The second kappa shape index (κ2) is 6.99. The topological polar surface area (TPSA) is 67.8 Å². The molecule has 0 aliphatic rings. The van der Waals surface area contributed by atoms with Gasteiger partial charge in [-0.2, -0.15) is 0 Å². The minimum absolute atomic E-state index is 0.176. The third-order valence-corrected chi connectivity index (χ3v) is 6.35. The van der Waals surface area contributed by atoms with E-state index in [4.69, 9.17) is 11.6 Å². The molecule has 8 heteroatoms. The molecule has 0 aliphatic carbocycles. The highest BCUT2D eigenvalue weighted by molar-refractivity contribution is 7.21. The Balaban J connectivity index is 1.61. The first-order valence-corrected chi connectivity index (χ1v) is 10.3. The summed E-state index contributed by atoms with van der Waals surface area (Å²) < 4.78 is 0. The summed E-state index contributed by atoms with van der Waals surface area (Å²) in [6.45, 7) is 5.73. The molecule has 0 unspecified atom stereocenters. The fraction of sp³-hybridized carbons (Fsp3) is 0.158. The summed E-state index contributed by atoms with van der Waals surface area (Å²) in [4.78, 5) is 27.6. The number of halogens is 1.